The lowest BCUT2D eigenvalue weighted by molar-refractivity contribution is -0.119. The first-order chi connectivity index (χ1) is 15.2. The Hall–Kier alpha value is -3.46. The molecule has 1 N–H and O–H groups in total. The molecule has 5 rings (SSSR count). The summed E-state index contributed by atoms with van der Waals surface area (Å²) >= 11 is 6.13. The molecule has 1 aromatic carbocycles. The Kier molecular flexibility index (Phi) is 4.49. The molecule has 0 saturated heterocycles. The lowest BCUT2D eigenvalue weighted by atomic mass is 9.88. The minimum atomic E-state index is -1.27. The van der Waals surface area contributed by atoms with Gasteiger partial charge in [0.25, 0.3) is 0 Å². The zero-order chi connectivity index (χ0) is 22.8. The lowest BCUT2D eigenvalue weighted by Crippen LogP contribution is -2.26. The zero-order valence-electron chi connectivity index (χ0n) is 16.9. The molecule has 0 bridgehead atoms. The number of rotatable bonds is 3. The van der Waals surface area contributed by atoms with Crippen LogP contribution in [0.4, 0.5) is 19.0 Å². The molecule has 0 spiro atoms. The predicted molar refractivity (Wildman–Crippen MR) is 112 cm³/mol. The molecule has 0 unspecified atom stereocenters. The van der Waals surface area contributed by atoms with Gasteiger partial charge in [0.15, 0.2) is 17.5 Å². The maximum atomic E-state index is 14.3. The van der Waals surface area contributed by atoms with Crippen molar-refractivity contribution < 1.29 is 18.0 Å². The highest BCUT2D eigenvalue weighted by molar-refractivity contribution is 6.30. The van der Waals surface area contributed by atoms with Gasteiger partial charge in [0.2, 0.25) is 5.91 Å². The Balaban J connectivity index is 1.67. The van der Waals surface area contributed by atoms with Gasteiger partial charge in [-0.1, -0.05) is 11.6 Å². The highest BCUT2D eigenvalue weighted by Crippen LogP contribution is 2.37. The second-order valence-corrected chi connectivity index (χ2v) is 8.45. The minimum Gasteiger partial charge on any atom is -0.310 e. The molecule has 4 aromatic rings. The average molecular weight is 458 g/mol. The van der Waals surface area contributed by atoms with Crippen molar-refractivity contribution in [2.24, 2.45) is 0 Å². The van der Waals surface area contributed by atoms with Crippen LogP contribution in [0, 0.1) is 17.5 Å². The average Bonchev–Trinajstić information content (AvgIpc) is 3.21. The summed E-state index contributed by atoms with van der Waals surface area (Å²) < 4.78 is 43.8. The van der Waals surface area contributed by atoms with Crippen LogP contribution in [-0.2, 0) is 16.6 Å². The third kappa shape index (κ3) is 3.03. The molecule has 1 aliphatic heterocycles. The number of pyridine rings is 1. The normalized spacial score (nSPS) is 14.6. The molecule has 10 heteroatoms. The number of carbonyl (C=O) groups is 1. The molecule has 162 valence electrons. The van der Waals surface area contributed by atoms with Crippen LogP contribution in [0.15, 0.2) is 36.7 Å². The Morgan fingerprint density at radius 3 is 2.62 bits per heavy atom. The van der Waals surface area contributed by atoms with Gasteiger partial charge in [0.1, 0.15) is 23.2 Å². The van der Waals surface area contributed by atoms with E-state index in [1.807, 2.05) is 0 Å². The lowest BCUT2D eigenvalue weighted by Gasteiger charge is -2.13. The number of anilines is 1. The van der Waals surface area contributed by atoms with Crippen LogP contribution in [0.3, 0.4) is 0 Å². The molecule has 6 nitrogen and oxygen atoms in total. The number of carbonyl (C=O) groups excluding carboxylic acids is 1. The van der Waals surface area contributed by atoms with Crippen molar-refractivity contribution in [3.8, 4) is 11.5 Å². The number of hydrogen-bond acceptors (Lipinski definition) is 4. The van der Waals surface area contributed by atoms with Crippen molar-refractivity contribution in [2.45, 2.75) is 25.7 Å². The van der Waals surface area contributed by atoms with E-state index in [4.69, 9.17) is 11.6 Å². The van der Waals surface area contributed by atoms with E-state index in [0.29, 0.717) is 27.6 Å². The molecule has 3 aromatic heterocycles. The molecule has 0 radical (unpaired) electrons. The molecular weight excluding hydrogens is 443 g/mol. The van der Waals surface area contributed by atoms with Crippen LogP contribution in [0.2, 0.25) is 5.02 Å². The number of imidazole rings is 1. The number of nitrogens with zero attached hydrogens (tertiary/aromatic N) is 4. The smallest absolute Gasteiger partial charge is 0.235 e. The van der Waals surface area contributed by atoms with E-state index in [1.165, 1.54) is 6.20 Å². The number of fused-ring (bicyclic) bond motifs is 2. The summed E-state index contributed by atoms with van der Waals surface area (Å²) in [7, 11) is 0. The van der Waals surface area contributed by atoms with E-state index in [9.17, 15) is 18.0 Å². The molecule has 0 saturated carbocycles. The second kappa shape index (κ2) is 7.03. The van der Waals surface area contributed by atoms with Crippen LogP contribution in [0.5, 0.6) is 0 Å². The van der Waals surface area contributed by atoms with E-state index < -0.39 is 28.4 Å². The molecule has 0 aliphatic carbocycles. The maximum Gasteiger partial charge on any atom is 0.235 e. The standard InChI is InChI=1S/C22H15ClF3N5O/c1-22(2)12-8-27-20(29-19(12)30-21(22)32)18-15-6-3-10(23)9-31(15)16(28-18)7-11-13(24)4-5-14(25)17(11)26/h3-6,8-9H,7H2,1-2H3,(H,27,29,30,32). The SMILES string of the molecule is CC1(C)C(=O)Nc2nc(-c3nc(Cc4c(F)ccc(F)c4F)n4cc(Cl)ccc34)ncc21. The largest absolute Gasteiger partial charge is 0.310 e. The fourth-order valence-electron chi connectivity index (χ4n) is 3.73. The summed E-state index contributed by atoms with van der Waals surface area (Å²) in [5.74, 6) is -2.70. The first-order valence-electron chi connectivity index (χ1n) is 9.65. The fourth-order valence-corrected chi connectivity index (χ4v) is 3.90. The van der Waals surface area contributed by atoms with Gasteiger partial charge in [-0.3, -0.25) is 4.79 Å². The van der Waals surface area contributed by atoms with E-state index in [-0.39, 0.29) is 24.0 Å². The van der Waals surface area contributed by atoms with E-state index in [0.717, 1.165) is 12.1 Å². The summed E-state index contributed by atoms with van der Waals surface area (Å²) in [4.78, 5) is 25.6. The van der Waals surface area contributed by atoms with E-state index >= 15 is 0 Å². The molecule has 1 aliphatic rings. The Morgan fingerprint density at radius 2 is 1.84 bits per heavy atom. The van der Waals surface area contributed by atoms with Crippen molar-refractivity contribution in [1.29, 1.82) is 0 Å². The highest BCUT2D eigenvalue weighted by Gasteiger charge is 2.40. The van der Waals surface area contributed by atoms with Gasteiger partial charge >= 0.3 is 0 Å². The third-order valence-corrected chi connectivity index (χ3v) is 5.84. The molecule has 4 heterocycles. The number of benzene rings is 1. The number of aromatic nitrogens is 4. The summed E-state index contributed by atoms with van der Waals surface area (Å²) in [6.45, 7) is 3.54. The second-order valence-electron chi connectivity index (χ2n) is 8.01. The molecule has 0 fully saturated rings. The fraction of sp³-hybridized carbons (Fsp3) is 0.182. The summed E-state index contributed by atoms with van der Waals surface area (Å²) in [5, 5.41) is 3.10. The number of amides is 1. The van der Waals surface area contributed by atoms with Gasteiger partial charge in [-0.2, -0.15) is 0 Å². The number of hydrogen-bond donors (Lipinski definition) is 1. The van der Waals surface area contributed by atoms with Gasteiger partial charge in [-0.05, 0) is 38.1 Å². The van der Waals surface area contributed by atoms with Gasteiger partial charge in [0.05, 0.1) is 16.0 Å². The Morgan fingerprint density at radius 1 is 1.09 bits per heavy atom. The summed E-state index contributed by atoms with van der Waals surface area (Å²) in [6.07, 6.45) is 2.77. The molecular formula is C22H15ClF3N5O. The zero-order valence-corrected chi connectivity index (χ0v) is 17.6. The van der Waals surface area contributed by atoms with Crippen molar-refractivity contribution in [3.63, 3.8) is 0 Å². The number of halogens is 4. The van der Waals surface area contributed by atoms with Gasteiger partial charge in [0, 0.05) is 29.9 Å². The number of nitrogens with one attached hydrogen (secondary N) is 1. The third-order valence-electron chi connectivity index (χ3n) is 5.62. The van der Waals surface area contributed by atoms with Crippen molar-refractivity contribution in [1.82, 2.24) is 19.4 Å². The first kappa shape index (κ1) is 20.4. The van der Waals surface area contributed by atoms with Gasteiger partial charge in [-0.15, -0.1) is 0 Å². The summed E-state index contributed by atoms with van der Waals surface area (Å²) in [6, 6.07) is 4.90. The highest BCUT2D eigenvalue weighted by atomic mass is 35.5. The van der Waals surface area contributed by atoms with Crippen LogP contribution >= 0.6 is 11.6 Å². The maximum absolute atomic E-state index is 14.3. The van der Waals surface area contributed by atoms with Crippen LogP contribution < -0.4 is 5.32 Å². The van der Waals surface area contributed by atoms with Crippen LogP contribution in [0.25, 0.3) is 17.0 Å². The molecule has 0 atom stereocenters. The van der Waals surface area contributed by atoms with Crippen LogP contribution in [0.1, 0.15) is 30.8 Å². The van der Waals surface area contributed by atoms with Crippen molar-refractivity contribution in [3.05, 3.63) is 76.1 Å². The predicted octanol–water partition coefficient (Wildman–Crippen LogP) is 4.68. The van der Waals surface area contributed by atoms with E-state index in [2.05, 4.69) is 20.3 Å². The molecule has 1 amide bonds. The monoisotopic (exact) mass is 457 g/mol. The van der Waals surface area contributed by atoms with Crippen LogP contribution in [-0.4, -0.2) is 25.3 Å². The topological polar surface area (TPSA) is 72.2 Å². The van der Waals surface area contributed by atoms with Crippen molar-refractivity contribution >= 4 is 28.8 Å². The quantitative estimate of drug-likeness (QED) is 0.453. The summed E-state index contributed by atoms with van der Waals surface area (Å²) in [5.41, 5.74) is 0.296. The minimum absolute atomic E-state index is 0.196. The Labute approximate surface area is 185 Å². The first-order valence-corrected chi connectivity index (χ1v) is 10.0. The molecule has 32 heavy (non-hydrogen) atoms. The van der Waals surface area contributed by atoms with Crippen molar-refractivity contribution in [2.75, 3.05) is 5.32 Å². The van der Waals surface area contributed by atoms with Gasteiger partial charge < -0.3 is 9.72 Å². The van der Waals surface area contributed by atoms with E-state index in [1.54, 1.807) is 36.6 Å². The van der Waals surface area contributed by atoms with Gasteiger partial charge in [-0.25, -0.2) is 28.1 Å². The Bertz CT molecular complexity index is 1430.